The Bertz CT molecular complexity index is 704. The predicted octanol–water partition coefficient (Wildman–Crippen LogP) is 7.07. The van der Waals surface area contributed by atoms with Crippen LogP contribution >= 0.6 is 11.8 Å². The lowest BCUT2D eigenvalue weighted by molar-refractivity contribution is 0.596. The van der Waals surface area contributed by atoms with Gasteiger partial charge in [-0.1, -0.05) is 70.5 Å². The molecule has 1 fully saturated rings. The molecule has 0 nitrogen and oxygen atoms in total. The third kappa shape index (κ3) is 2.36. The Morgan fingerprint density at radius 3 is 1.75 bits per heavy atom. The molecule has 126 valence electrons. The minimum atomic E-state index is 0.207. The summed E-state index contributed by atoms with van der Waals surface area (Å²) < 4.78 is 0.207. The van der Waals surface area contributed by atoms with Crippen LogP contribution in [-0.2, 0) is 4.75 Å². The van der Waals surface area contributed by atoms with Crippen molar-refractivity contribution in [3.63, 3.8) is 0 Å². The van der Waals surface area contributed by atoms with Crippen LogP contribution in [0.5, 0.6) is 0 Å². The van der Waals surface area contributed by atoms with Gasteiger partial charge >= 0.3 is 0 Å². The van der Waals surface area contributed by atoms with E-state index in [1.165, 1.54) is 47.3 Å². The Labute approximate surface area is 151 Å². The molecule has 0 radical (unpaired) electrons. The molecule has 1 aliphatic heterocycles. The van der Waals surface area contributed by atoms with Gasteiger partial charge in [-0.05, 0) is 63.8 Å². The van der Waals surface area contributed by atoms with Crippen molar-refractivity contribution in [1.29, 1.82) is 0 Å². The van der Waals surface area contributed by atoms with Gasteiger partial charge in [0.25, 0.3) is 0 Å². The van der Waals surface area contributed by atoms with E-state index in [0.717, 1.165) is 0 Å². The summed E-state index contributed by atoms with van der Waals surface area (Å²) in [6, 6.07) is 14.5. The van der Waals surface area contributed by atoms with Crippen molar-refractivity contribution in [1.82, 2.24) is 0 Å². The van der Waals surface area contributed by atoms with Crippen LogP contribution in [0.15, 0.2) is 36.4 Å². The van der Waals surface area contributed by atoms with Crippen LogP contribution in [0.25, 0.3) is 11.1 Å². The molecule has 0 bridgehead atoms. The van der Waals surface area contributed by atoms with Crippen molar-refractivity contribution in [3.8, 4) is 11.1 Å². The fourth-order valence-electron chi connectivity index (χ4n) is 4.34. The molecule has 0 unspecified atom stereocenters. The van der Waals surface area contributed by atoms with Crippen molar-refractivity contribution >= 4 is 11.8 Å². The van der Waals surface area contributed by atoms with Gasteiger partial charge in [0.05, 0.1) is 4.75 Å². The molecule has 2 aromatic rings. The molecule has 1 heterocycles. The van der Waals surface area contributed by atoms with Gasteiger partial charge in [0.1, 0.15) is 0 Å². The van der Waals surface area contributed by atoms with Crippen molar-refractivity contribution in [2.75, 3.05) is 5.75 Å². The van der Waals surface area contributed by atoms with Crippen molar-refractivity contribution in [2.45, 2.75) is 63.5 Å². The largest absolute Gasteiger partial charge is 0.145 e. The van der Waals surface area contributed by atoms with Crippen LogP contribution in [0, 0.1) is 0 Å². The van der Waals surface area contributed by atoms with Gasteiger partial charge in [0.15, 0.2) is 0 Å². The normalized spacial score (nSPS) is 18.2. The SMILES string of the molecule is CC(C)c1ccc2c(c1)C1(CCCCS1)c1cc(C(C)C)ccc1-2. The summed E-state index contributed by atoms with van der Waals surface area (Å²) in [5, 5.41) is 0. The summed E-state index contributed by atoms with van der Waals surface area (Å²) in [6.07, 6.45) is 4.01. The standard InChI is InChI=1S/C23H28S/c1-15(2)17-7-9-19-20-10-8-18(16(3)4)14-22(20)23(21(19)13-17)11-5-6-12-24-23/h7-10,13-16H,5-6,11-12H2,1-4H3. The van der Waals surface area contributed by atoms with Crippen molar-refractivity contribution in [2.24, 2.45) is 0 Å². The van der Waals surface area contributed by atoms with Gasteiger partial charge in [-0.25, -0.2) is 0 Å². The molecule has 24 heavy (non-hydrogen) atoms. The van der Waals surface area contributed by atoms with Gasteiger partial charge in [-0.2, -0.15) is 0 Å². The monoisotopic (exact) mass is 336 g/mol. The number of hydrogen-bond acceptors (Lipinski definition) is 1. The van der Waals surface area contributed by atoms with E-state index in [4.69, 9.17) is 0 Å². The quantitative estimate of drug-likeness (QED) is 0.565. The lowest BCUT2D eigenvalue weighted by atomic mass is 9.87. The average Bonchev–Trinajstić information content (AvgIpc) is 2.85. The second kappa shape index (κ2) is 5.95. The van der Waals surface area contributed by atoms with Crippen LogP contribution in [0.4, 0.5) is 0 Å². The fourth-order valence-corrected chi connectivity index (χ4v) is 5.98. The van der Waals surface area contributed by atoms with Crippen molar-refractivity contribution < 1.29 is 0 Å². The third-order valence-corrected chi connectivity index (χ3v) is 7.48. The van der Waals surface area contributed by atoms with E-state index >= 15 is 0 Å². The molecule has 1 saturated heterocycles. The van der Waals surface area contributed by atoms with E-state index in [1.807, 2.05) is 0 Å². The highest BCUT2D eigenvalue weighted by molar-refractivity contribution is 8.00. The van der Waals surface area contributed by atoms with E-state index < -0.39 is 0 Å². The summed E-state index contributed by atoms with van der Waals surface area (Å²) in [6.45, 7) is 9.23. The molecule has 0 amide bonds. The van der Waals surface area contributed by atoms with Crippen LogP contribution in [0.1, 0.15) is 81.0 Å². The maximum atomic E-state index is 2.52. The van der Waals surface area contributed by atoms with Gasteiger partial charge in [0, 0.05) is 0 Å². The molecule has 0 N–H and O–H groups in total. The number of thioether (sulfide) groups is 1. The molecular formula is C23H28S. The molecule has 1 aliphatic carbocycles. The minimum Gasteiger partial charge on any atom is -0.145 e. The number of rotatable bonds is 2. The number of benzene rings is 2. The zero-order valence-corrected chi connectivity index (χ0v) is 16.2. The lowest BCUT2D eigenvalue weighted by Gasteiger charge is -2.35. The van der Waals surface area contributed by atoms with E-state index in [1.54, 1.807) is 11.1 Å². The zero-order chi connectivity index (χ0) is 16.9. The predicted molar refractivity (Wildman–Crippen MR) is 107 cm³/mol. The minimum absolute atomic E-state index is 0.207. The molecule has 1 spiro atoms. The zero-order valence-electron chi connectivity index (χ0n) is 15.4. The summed E-state index contributed by atoms with van der Waals surface area (Å²) >= 11 is 2.20. The lowest BCUT2D eigenvalue weighted by Crippen LogP contribution is -2.25. The highest BCUT2D eigenvalue weighted by Crippen LogP contribution is 2.59. The van der Waals surface area contributed by atoms with Crippen LogP contribution in [-0.4, -0.2) is 5.75 Å². The summed E-state index contributed by atoms with van der Waals surface area (Å²) in [5.74, 6) is 2.48. The highest BCUT2D eigenvalue weighted by Gasteiger charge is 2.44. The van der Waals surface area contributed by atoms with E-state index in [2.05, 4.69) is 75.9 Å². The van der Waals surface area contributed by atoms with Crippen molar-refractivity contribution in [3.05, 3.63) is 58.7 Å². The molecule has 0 aromatic heterocycles. The molecular weight excluding hydrogens is 308 g/mol. The molecule has 2 aromatic carbocycles. The molecule has 0 atom stereocenters. The maximum absolute atomic E-state index is 2.52. The first-order valence-corrected chi connectivity index (χ1v) is 10.4. The smallest absolute Gasteiger partial charge is 0.0669 e. The van der Waals surface area contributed by atoms with Gasteiger partial charge in [0.2, 0.25) is 0 Å². The van der Waals surface area contributed by atoms with Crippen LogP contribution < -0.4 is 0 Å². The number of fused-ring (bicyclic) bond motifs is 5. The first-order chi connectivity index (χ1) is 11.5. The van der Waals surface area contributed by atoms with Crippen LogP contribution in [0.3, 0.4) is 0 Å². The topological polar surface area (TPSA) is 0 Å². The maximum Gasteiger partial charge on any atom is 0.0669 e. The first-order valence-electron chi connectivity index (χ1n) is 9.46. The Hall–Kier alpha value is -1.21. The highest BCUT2D eigenvalue weighted by atomic mass is 32.2. The molecule has 4 rings (SSSR count). The Kier molecular flexibility index (Phi) is 4.03. The third-order valence-electron chi connectivity index (χ3n) is 5.85. The average molecular weight is 337 g/mol. The van der Waals surface area contributed by atoms with E-state index in [9.17, 15) is 0 Å². The molecule has 1 heteroatoms. The summed E-state index contributed by atoms with van der Waals surface area (Å²) in [5.41, 5.74) is 9.12. The Morgan fingerprint density at radius 2 is 1.33 bits per heavy atom. The van der Waals surface area contributed by atoms with Gasteiger partial charge in [-0.15, -0.1) is 11.8 Å². The Morgan fingerprint density at radius 1 is 0.792 bits per heavy atom. The fraction of sp³-hybridized carbons (Fsp3) is 0.478. The number of hydrogen-bond donors (Lipinski definition) is 0. The molecule has 2 aliphatic rings. The van der Waals surface area contributed by atoms with Gasteiger partial charge in [-0.3, -0.25) is 0 Å². The van der Waals surface area contributed by atoms with E-state index in [-0.39, 0.29) is 4.75 Å². The first kappa shape index (κ1) is 16.3. The summed E-state index contributed by atoms with van der Waals surface area (Å²) in [4.78, 5) is 0. The van der Waals surface area contributed by atoms with E-state index in [0.29, 0.717) is 11.8 Å². The molecule has 0 saturated carbocycles. The van der Waals surface area contributed by atoms with Crippen LogP contribution in [0.2, 0.25) is 0 Å². The second-order valence-electron chi connectivity index (χ2n) is 8.05. The second-order valence-corrected chi connectivity index (χ2v) is 9.45. The Balaban J connectivity index is 1.95. The summed E-state index contributed by atoms with van der Waals surface area (Å²) in [7, 11) is 0. The van der Waals surface area contributed by atoms with Gasteiger partial charge < -0.3 is 0 Å².